The van der Waals surface area contributed by atoms with E-state index in [9.17, 15) is 14.4 Å². The Bertz CT molecular complexity index is 1410. The van der Waals surface area contributed by atoms with Gasteiger partial charge in [-0.2, -0.15) is 0 Å². The molecule has 0 aromatic carbocycles. The summed E-state index contributed by atoms with van der Waals surface area (Å²) in [6.07, 6.45) is 86.9. The van der Waals surface area contributed by atoms with Gasteiger partial charge in [0.1, 0.15) is 13.2 Å². The highest BCUT2D eigenvalue weighted by Crippen LogP contribution is 2.18. The molecule has 0 fully saturated rings. The van der Waals surface area contributed by atoms with Gasteiger partial charge in [0.25, 0.3) is 0 Å². The quantitative estimate of drug-likeness (QED) is 0.0261. The molecule has 0 heterocycles. The van der Waals surface area contributed by atoms with Gasteiger partial charge in [-0.15, -0.1) is 0 Å². The van der Waals surface area contributed by atoms with Gasteiger partial charge in [-0.1, -0.05) is 319 Å². The summed E-state index contributed by atoms with van der Waals surface area (Å²) in [5.41, 5.74) is 0. The number of unbranched alkanes of at least 4 members (excludes halogenated alkanes) is 43. The van der Waals surface area contributed by atoms with Crippen LogP contribution in [0, 0.1) is 0 Å². The molecule has 0 saturated carbocycles. The van der Waals surface area contributed by atoms with Crippen LogP contribution in [0.1, 0.15) is 367 Å². The van der Waals surface area contributed by atoms with E-state index in [1.165, 1.54) is 250 Å². The van der Waals surface area contributed by atoms with Gasteiger partial charge in [0.05, 0.1) is 0 Å². The van der Waals surface area contributed by atoms with Crippen LogP contribution in [-0.4, -0.2) is 37.2 Å². The first-order valence-corrected chi connectivity index (χ1v) is 34.8. The summed E-state index contributed by atoms with van der Waals surface area (Å²) in [5.74, 6) is -0.858. The molecule has 0 spiro atoms. The van der Waals surface area contributed by atoms with Crippen LogP contribution in [-0.2, 0) is 28.6 Å². The zero-order valence-electron chi connectivity index (χ0n) is 52.9. The Morgan fingerprint density at radius 2 is 0.456 bits per heavy atom. The van der Waals surface area contributed by atoms with E-state index in [0.717, 1.165) is 77.0 Å². The van der Waals surface area contributed by atoms with Gasteiger partial charge in [-0.3, -0.25) is 14.4 Å². The average molecular weight is 1110 g/mol. The monoisotopic (exact) mass is 1110 g/mol. The van der Waals surface area contributed by atoms with Crippen LogP contribution in [0.5, 0.6) is 0 Å². The van der Waals surface area contributed by atoms with Gasteiger partial charge >= 0.3 is 17.9 Å². The van der Waals surface area contributed by atoms with Gasteiger partial charge < -0.3 is 14.2 Å². The van der Waals surface area contributed by atoms with Crippen LogP contribution in [0.25, 0.3) is 0 Å². The average Bonchev–Trinajstić information content (AvgIpc) is 3.45. The lowest BCUT2D eigenvalue weighted by atomic mass is 10.0. The van der Waals surface area contributed by atoms with Crippen molar-refractivity contribution in [2.45, 2.75) is 374 Å². The summed E-state index contributed by atoms with van der Waals surface area (Å²) in [7, 11) is 0. The third kappa shape index (κ3) is 65.8. The second kappa shape index (κ2) is 67.6. The first-order valence-electron chi connectivity index (χ1n) is 34.8. The lowest BCUT2D eigenvalue weighted by Crippen LogP contribution is -2.30. The van der Waals surface area contributed by atoms with Crippen LogP contribution in [0.15, 0.2) is 60.8 Å². The molecule has 0 aromatic heterocycles. The van der Waals surface area contributed by atoms with E-state index in [1.807, 2.05) is 0 Å². The molecule has 0 radical (unpaired) electrons. The topological polar surface area (TPSA) is 78.9 Å². The molecule has 6 heteroatoms. The number of hydrogen-bond acceptors (Lipinski definition) is 6. The minimum Gasteiger partial charge on any atom is -0.462 e. The van der Waals surface area contributed by atoms with Gasteiger partial charge in [0, 0.05) is 19.3 Å². The largest absolute Gasteiger partial charge is 0.462 e. The smallest absolute Gasteiger partial charge is 0.306 e. The molecule has 0 aliphatic carbocycles. The minimum atomic E-state index is -0.773. The van der Waals surface area contributed by atoms with E-state index >= 15 is 0 Å². The van der Waals surface area contributed by atoms with E-state index in [4.69, 9.17) is 14.2 Å². The normalized spacial score (nSPS) is 12.4. The minimum absolute atomic E-state index is 0.0712. The molecule has 0 amide bonds. The Balaban J connectivity index is 4.07. The summed E-state index contributed by atoms with van der Waals surface area (Å²) in [5, 5.41) is 0. The number of allylic oxidation sites excluding steroid dienone is 10. The Morgan fingerprint density at radius 3 is 0.734 bits per heavy atom. The van der Waals surface area contributed by atoms with Crippen molar-refractivity contribution in [1.29, 1.82) is 0 Å². The van der Waals surface area contributed by atoms with Crippen molar-refractivity contribution >= 4 is 17.9 Å². The maximum absolute atomic E-state index is 12.9. The number of esters is 3. The number of hydrogen-bond donors (Lipinski definition) is 0. The number of carbonyl (C=O) groups excluding carboxylic acids is 3. The van der Waals surface area contributed by atoms with Gasteiger partial charge in [0.15, 0.2) is 6.10 Å². The van der Waals surface area contributed by atoms with Crippen molar-refractivity contribution < 1.29 is 28.6 Å². The standard InChI is InChI=1S/C73H132O6/c1-4-7-10-13-16-19-21-23-25-27-29-30-31-32-33-34-35-36-37-38-39-40-41-42-44-45-47-49-51-54-57-60-63-66-72(75)78-69-70(68-77-71(74)65-62-59-56-53-18-15-12-9-6-3)79-73(76)67-64-61-58-55-52-50-48-46-43-28-26-24-22-20-17-14-11-8-5-2/h17,20-21,23-24,26-27,29,31-32,70H,4-16,18-19,22,25,28,30,33-69H2,1-3H3/b20-17-,23-21-,26-24-,29-27-,32-31-. The van der Waals surface area contributed by atoms with E-state index in [1.54, 1.807) is 0 Å². The lowest BCUT2D eigenvalue weighted by Gasteiger charge is -2.18. The third-order valence-corrected chi connectivity index (χ3v) is 15.5. The second-order valence-corrected chi connectivity index (χ2v) is 23.4. The Hall–Kier alpha value is -2.89. The van der Waals surface area contributed by atoms with Crippen molar-refractivity contribution in [1.82, 2.24) is 0 Å². The molecule has 0 saturated heterocycles. The zero-order valence-corrected chi connectivity index (χ0v) is 52.9. The summed E-state index contributed by atoms with van der Waals surface area (Å²) in [6.45, 7) is 6.63. The molecule has 0 aromatic rings. The van der Waals surface area contributed by atoms with Crippen molar-refractivity contribution in [2.24, 2.45) is 0 Å². The second-order valence-electron chi connectivity index (χ2n) is 23.4. The van der Waals surface area contributed by atoms with Crippen LogP contribution in [0.4, 0.5) is 0 Å². The Labute approximate surface area is 491 Å². The van der Waals surface area contributed by atoms with E-state index in [2.05, 4.69) is 81.5 Å². The molecule has 1 atom stereocenters. The fourth-order valence-corrected chi connectivity index (χ4v) is 10.2. The van der Waals surface area contributed by atoms with Gasteiger partial charge in [-0.25, -0.2) is 0 Å². The highest BCUT2D eigenvalue weighted by molar-refractivity contribution is 5.71. The van der Waals surface area contributed by atoms with Crippen molar-refractivity contribution in [2.75, 3.05) is 13.2 Å². The van der Waals surface area contributed by atoms with E-state index in [-0.39, 0.29) is 31.1 Å². The number of rotatable bonds is 64. The molecular formula is C73H132O6. The van der Waals surface area contributed by atoms with E-state index in [0.29, 0.717) is 19.3 Å². The SMILES string of the molecule is CCCCC/C=C\C/C=C\CCCCCCCCCCCC(=O)OC(COC(=O)CCCCCCCCCCC)COC(=O)CCCCCCCCCCCCCCCCCCCC/C=C\C/C=C\C/C=C\CCCCCCC. The maximum atomic E-state index is 12.9. The van der Waals surface area contributed by atoms with Crippen LogP contribution >= 0.6 is 0 Å². The third-order valence-electron chi connectivity index (χ3n) is 15.5. The fraction of sp³-hybridized carbons (Fsp3) is 0.822. The molecule has 0 aliphatic heterocycles. The highest BCUT2D eigenvalue weighted by atomic mass is 16.6. The fourth-order valence-electron chi connectivity index (χ4n) is 10.2. The predicted molar refractivity (Wildman–Crippen MR) is 344 cm³/mol. The molecule has 0 bridgehead atoms. The molecule has 6 nitrogen and oxygen atoms in total. The van der Waals surface area contributed by atoms with Crippen LogP contribution in [0.2, 0.25) is 0 Å². The lowest BCUT2D eigenvalue weighted by molar-refractivity contribution is -0.167. The molecule has 0 N–H and O–H groups in total. The molecule has 0 rings (SSSR count). The van der Waals surface area contributed by atoms with Gasteiger partial charge in [0.2, 0.25) is 0 Å². The Kier molecular flexibility index (Phi) is 65.1. The van der Waals surface area contributed by atoms with Crippen molar-refractivity contribution in [3.8, 4) is 0 Å². The highest BCUT2D eigenvalue weighted by Gasteiger charge is 2.19. The van der Waals surface area contributed by atoms with Crippen LogP contribution < -0.4 is 0 Å². The molecule has 0 aliphatic rings. The molecule has 460 valence electrons. The summed E-state index contributed by atoms with van der Waals surface area (Å²) >= 11 is 0. The number of ether oxygens (including phenoxy) is 3. The van der Waals surface area contributed by atoms with Gasteiger partial charge in [-0.05, 0) is 89.9 Å². The molecule has 79 heavy (non-hydrogen) atoms. The van der Waals surface area contributed by atoms with Crippen molar-refractivity contribution in [3.63, 3.8) is 0 Å². The predicted octanol–water partition coefficient (Wildman–Crippen LogP) is 23.9. The maximum Gasteiger partial charge on any atom is 0.306 e. The molecule has 1 unspecified atom stereocenters. The number of carbonyl (C=O) groups is 3. The first kappa shape index (κ1) is 76.1. The van der Waals surface area contributed by atoms with Crippen LogP contribution in [0.3, 0.4) is 0 Å². The zero-order chi connectivity index (χ0) is 57.1. The molecular weight excluding hydrogens is 973 g/mol. The summed E-state index contributed by atoms with van der Waals surface area (Å²) in [6, 6.07) is 0. The summed E-state index contributed by atoms with van der Waals surface area (Å²) < 4.78 is 16.9. The first-order chi connectivity index (χ1) is 39.0. The Morgan fingerprint density at radius 1 is 0.253 bits per heavy atom. The van der Waals surface area contributed by atoms with Crippen molar-refractivity contribution in [3.05, 3.63) is 60.8 Å². The van der Waals surface area contributed by atoms with E-state index < -0.39 is 6.10 Å². The summed E-state index contributed by atoms with van der Waals surface area (Å²) in [4.78, 5) is 38.2.